The molecule has 1 N–H and O–H groups in total. The number of rotatable bonds is 5. The fourth-order valence-corrected chi connectivity index (χ4v) is 2.96. The van der Waals surface area contributed by atoms with E-state index in [0.717, 1.165) is 17.7 Å². The van der Waals surface area contributed by atoms with Crippen LogP contribution in [0.5, 0.6) is 11.5 Å². The molecule has 3 aromatic rings. The lowest BCUT2D eigenvalue weighted by molar-refractivity contribution is 0.171. The zero-order chi connectivity index (χ0) is 17.1. The average Bonchev–Trinajstić information content (AvgIpc) is 3.11. The summed E-state index contributed by atoms with van der Waals surface area (Å²) >= 11 is 6.27. The van der Waals surface area contributed by atoms with E-state index in [9.17, 15) is 0 Å². The highest BCUT2D eigenvalue weighted by Gasteiger charge is 2.16. The Balaban J connectivity index is 1.44. The van der Waals surface area contributed by atoms with Crippen molar-refractivity contribution < 1.29 is 9.47 Å². The van der Waals surface area contributed by atoms with Crippen molar-refractivity contribution in [2.45, 2.75) is 6.42 Å². The highest BCUT2D eigenvalue weighted by molar-refractivity contribution is 6.32. The quantitative estimate of drug-likeness (QED) is 0.756. The summed E-state index contributed by atoms with van der Waals surface area (Å²) < 4.78 is 12.8. The van der Waals surface area contributed by atoms with E-state index in [-0.39, 0.29) is 0 Å². The van der Waals surface area contributed by atoms with E-state index in [1.807, 2.05) is 42.5 Å². The third kappa shape index (κ3) is 3.36. The van der Waals surface area contributed by atoms with Crippen molar-refractivity contribution in [3.05, 3.63) is 53.1 Å². The lowest BCUT2D eigenvalue weighted by atomic mass is 10.1. The van der Waals surface area contributed by atoms with Crippen molar-refractivity contribution in [3.63, 3.8) is 0 Å². The third-order valence-corrected chi connectivity index (χ3v) is 4.10. The largest absolute Gasteiger partial charge is 0.486 e. The SMILES string of the molecule is Clc1cc(CCNc2nnnn2-c2ccccc2)cc2c1OCCO2. The molecule has 0 fully saturated rings. The first kappa shape index (κ1) is 15.7. The van der Waals surface area contributed by atoms with Gasteiger partial charge in [0.15, 0.2) is 11.5 Å². The zero-order valence-electron chi connectivity index (χ0n) is 13.4. The fraction of sp³-hybridized carbons (Fsp3) is 0.235. The molecule has 1 aromatic heterocycles. The molecule has 0 unspecified atom stereocenters. The summed E-state index contributed by atoms with van der Waals surface area (Å²) in [6, 6.07) is 13.6. The van der Waals surface area contributed by atoms with Gasteiger partial charge in [0.05, 0.1) is 10.7 Å². The van der Waals surface area contributed by atoms with E-state index in [0.29, 0.717) is 42.2 Å². The van der Waals surface area contributed by atoms with Crippen LogP contribution in [0.2, 0.25) is 5.02 Å². The number of hydrogen-bond acceptors (Lipinski definition) is 6. The molecule has 2 heterocycles. The van der Waals surface area contributed by atoms with E-state index >= 15 is 0 Å². The van der Waals surface area contributed by atoms with Crippen molar-refractivity contribution in [1.82, 2.24) is 20.2 Å². The minimum atomic E-state index is 0.524. The smallest absolute Gasteiger partial charge is 0.247 e. The average molecular weight is 358 g/mol. The minimum Gasteiger partial charge on any atom is -0.486 e. The van der Waals surface area contributed by atoms with E-state index in [4.69, 9.17) is 21.1 Å². The minimum absolute atomic E-state index is 0.524. The van der Waals surface area contributed by atoms with Gasteiger partial charge in [-0.15, -0.1) is 0 Å². The van der Waals surface area contributed by atoms with Crippen LogP contribution >= 0.6 is 11.6 Å². The molecular formula is C17H16ClN5O2. The number of benzene rings is 2. The van der Waals surface area contributed by atoms with E-state index in [1.54, 1.807) is 4.68 Å². The molecule has 0 amide bonds. The summed E-state index contributed by atoms with van der Waals surface area (Å²) in [7, 11) is 0. The van der Waals surface area contributed by atoms with Gasteiger partial charge in [0.2, 0.25) is 5.95 Å². The third-order valence-electron chi connectivity index (χ3n) is 3.82. The summed E-state index contributed by atoms with van der Waals surface area (Å²) in [5.41, 5.74) is 1.96. The molecule has 0 spiro atoms. The van der Waals surface area contributed by atoms with Gasteiger partial charge in [-0.25, -0.2) is 0 Å². The van der Waals surface area contributed by atoms with Crippen LogP contribution in [0.25, 0.3) is 5.69 Å². The van der Waals surface area contributed by atoms with Gasteiger partial charge in [-0.1, -0.05) is 34.9 Å². The van der Waals surface area contributed by atoms with Gasteiger partial charge in [-0.05, 0) is 46.7 Å². The van der Waals surface area contributed by atoms with Gasteiger partial charge in [0.25, 0.3) is 0 Å². The standard InChI is InChI=1S/C17H16ClN5O2/c18-14-10-12(11-15-16(14)25-9-8-24-15)6-7-19-17-20-21-22-23(17)13-4-2-1-3-5-13/h1-5,10-11H,6-9H2,(H,19,20,22). The van der Waals surface area contributed by atoms with Crippen molar-refractivity contribution in [3.8, 4) is 17.2 Å². The zero-order valence-corrected chi connectivity index (χ0v) is 14.1. The van der Waals surface area contributed by atoms with Gasteiger partial charge in [-0.3, -0.25) is 0 Å². The molecule has 8 heteroatoms. The van der Waals surface area contributed by atoms with E-state index < -0.39 is 0 Å². The number of halogens is 1. The van der Waals surface area contributed by atoms with Gasteiger partial charge in [-0.2, -0.15) is 4.68 Å². The van der Waals surface area contributed by atoms with Crippen molar-refractivity contribution >= 4 is 17.5 Å². The molecule has 0 aliphatic carbocycles. The molecule has 0 saturated heterocycles. The predicted octanol–water partition coefficient (Wildman–Crippen LogP) is 2.74. The number of para-hydroxylation sites is 1. The Labute approximate surface area is 149 Å². The van der Waals surface area contributed by atoms with Crippen molar-refractivity contribution in [2.24, 2.45) is 0 Å². The second-order valence-corrected chi connectivity index (χ2v) is 5.94. The Kier molecular flexibility index (Phi) is 4.39. The number of fused-ring (bicyclic) bond motifs is 1. The maximum absolute atomic E-state index is 6.27. The van der Waals surface area contributed by atoms with Crippen molar-refractivity contribution in [1.29, 1.82) is 0 Å². The van der Waals surface area contributed by atoms with Crippen LogP contribution in [0.3, 0.4) is 0 Å². The first-order chi connectivity index (χ1) is 12.3. The molecular weight excluding hydrogens is 342 g/mol. The van der Waals surface area contributed by atoms with Crippen molar-refractivity contribution in [2.75, 3.05) is 25.1 Å². The van der Waals surface area contributed by atoms with Gasteiger partial charge in [0.1, 0.15) is 13.2 Å². The summed E-state index contributed by atoms with van der Waals surface area (Å²) in [6.45, 7) is 1.72. The molecule has 0 saturated carbocycles. The van der Waals surface area contributed by atoms with Gasteiger partial charge < -0.3 is 14.8 Å². The molecule has 7 nitrogen and oxygen atoms in total. The number of anilines is 1. The Morgan fingerprint density at radius 2 is 1.96 bits per heavy atom. The Morgan fingerprint density at radius 3 is 2.84 bits per heavy atom. The Hall–Kier alpha value is -2.80. The normalized spacial score (nSPS) is 12.8. The maximum Gasteiger partial charge on any atom is 0.247 e. The Morgan fingerprint density at radius 1 is 1.12 bits per heavy atom. The van der Waals surface area contributed by atoms with Crippen LogP contribution in [0, 0.1) is 0 Å². The maximum atomic E-state index is 6.27. The van der Waals surface area contributed by atoms with Crippen LogP contribution in [0.15, 0.2) is 42.5 Å². The summed E-state index contributed by atoms with van der Waals surface area (Å²) in [4.78, 5) is 0. The second kappa shape index (κ2) is 6.98. The molecule has 1 aliphatic heterocycles. The molecule has 25 heavy (non-hydrogen) atoms. The first-order valence-corrected chi connectivity index (χ1v) is 8.35. The topological polar surface area (TPSA) is 74.1 Å². The van der Waals surface area contributed by atoms with Crippen LogP contribution in [0.1, 0.15) is 5.56 Å². The van der Waals surface area contributed by atoms with Crippen LogP contribution < -0.4 is 14.8 Å². The molecule has 0 radical (unpaired) electrons. The highest BCUT2D eigenvalue weighted by Crippen LogP contribution is 2.38. The predicted molar refractivity (Wildman–Crippen MR) is 93.8 cm³/mol. The number of hydrogen-bond donors (Lipinski definition) is 1. The molecule has 4 rings (SSSR count). The van der Waals surface area contributed by atoms with E-state index in [1.165, 1.54) is 0 Å². The molecule has 1 aliphatic rings. The van der Waals surface area contributed by atoms with Gasteiger partial charge in [0, 0.05) is 6.54 Å². The lowest BCUT2D eigenvalue weighted by Crippen LogP contribution is -2.16. The van der Waals surface area contributed by atoms with Gasteiger partial charge >= 0.3 is 0 Å². The molecule has 0 bridgehead atoms. The Bertz CT molecular complexity index is 869. The fourth-order valence-electron chi connectivity index (χ4n) is 2.67. The molecule has 128 valence electrons. The lowest BCUT2D eigenvalue weighted by Gasteiger charge is -2.20. The van der Waals surface area contributed by atoms with Crippen LogP contribution in [-0.4, -0.2) is 40.0 Å². The summed E-state index contributed by atoms with van der Waals surface area (Å²) in [5.74, 6) is 1.91. The summed E-state index contributed by atoms with van der Waals surface area (Å²) in [5, 5.41) is 15.6. The van der Waals surface area contributed by atoms with E-state index in [2.05, 4.69) is 20.8 Å². The summed E-state index contributed by atoms with van der Waals surface area (Å²) in [6.07, 6.45) is 0.748. The number of ether oxygens (including phenoxy) is 2. The molecule has 0 atom stereocenters. The number of tetrazole rings is 1. The number of nitrogens with one attached hydrogen (secondary N) is 1. The second-order valence-electron chi connectivity index (χ2n) is 5.53. The highest BCUT2D eigenvalue weighted by atomic mass is 35.5. The van der Waals surface area contributed by atoms with Crippen LogP contribution in [0.4, 0.5) is 5.95 Å². The molecule has 2 aromatic carbocycles. The van der Waals surface area contributed by atoms with Crippen LogP contribution in [-0.2, 0) is 6.42 Å². The number of nitrogens with zero attached hydrogens (tertiary/aromatic N) is 4. The number of aromatic nitrogens is 4. The first-order valence-electron chi connectivity index (χ1n) is 7.97. The monoisotopic (exact) mass is 357 g/mol.